The largest absolute Gasteiger partial charge is 0.460 e. The molecule has 0 radical (unpaired) electrons. The average molecular weight is 451 g/mol. The van der Waals surface area contributed by atoms with Gasteiger partial charge in [-0.3, -0.25) is 4.79 Å². The number of allylic oxidation sites excluding steroid dienone is 1. The van der Waals surface area contributed by atoms with Gasteiger partial charge in [0, 0.05) is 29.2 Å². The highest BCUT2D eigenvalue weighted by molar-refractivity contribution is 7.10. The summed E-state index contributed by atoms with van der Waals surface area (Å²) < 4.78 is 5.40. The summed E-state index contributed by atoms with van der Waals surface area (Å²) in [6, 6.07) is 2.12. The predicted octanol–water partition coefficient (Wildman–Crippen LogP) is 4.91. The highest BCUT2D eigenvalue weighted by atomic mass is 32.1. The number of Topliss-reactive ketones (excluding diaryl/α,β-unsaturated/α-hetero) is 1. The van der Waals surface area contributed by atoms with E-state index in [9.17, 15) is 19.8 Å². The number of thiophene rings is 1. The van der Waals surface area contributed by atoms with E-state index < -0.39 is 23.6 Å². The highest BCUT2D eigenvalue weighted by Crippen LogP contribution is 2.43. The molecule has 0 amide bonds. The van der Waals surface area contributed by atoms with Crippen LogP contribution >= 0.6 is 11.3 Å². The first-order valence-corrected chi connectivity index (χ1v) is 12.4. The van der Waals surface area contributed by atoms with Gasteiger partial charge in [-0.1, -0.05) is 25.8 Å². The molecule has 0 aromatic carbocycles. The molecule has 1 saturated carbocycles. The molecule has 31 heavy (non-hydrogen) atoms. The number of carbonyl (C=O) groups is 2. The second-order valence-corrected chi connectivity index (χ2v) is 10.1. The first-order chi connectivity index (χ1) is 14.7. The molecule has 1 unspecified atom stereocenters. The SMILES string of the molecule is CCCCC=C(C(=O)OC(C)C)C1C[C@H](O)C[C@@]1(O)C(=O)CCCCc1ccsc1C. The molecule has 0 bridgehead atoms. The van der Waals surface area contributed by atoms with Crippen LogP contribution in [-0.2, 0) is 20.7 Å². The lowest BCUT2D eigenvalue weighted by atomic mass is 9.79. The number of rotatable bonds is 12. The molecule has 1 fully saturated rings. The van der Waals surface area contributed by atoms with Crippen molar-refractivity contribution in [2.45, 2.75) is 103 Å². The summed E-state index contributed by atoms with van der Waals surface area (Å²) in [5.74, 6) is -1.50. The maximum absolute atomic E-state index is 13.1. The third kappa shape index (κ3) is 6.99. The third-order valence-electron chi connectivity index (χ3n) is 6.06. The number of aliphatic hydroxyl groups is 2. The summed E-state index contributed by atoms with van der Waals surface area (Å²) in [5.41, 5.74) is -0.0717. The first kappa shape index (κ1) is 25.8. The standard InChI is InChI=1S/C25H38O5S/c1-5-6-7-11-21(24(28)30-17(2)3)22-15-20(26)16-25(22,29)23(27)12-9-8-10-19-13-14-31-18(19)4/h11,13-14,17,20,22,26,29H,5-10,12,15-16H2,1-4H3/t20-,22?,25-/m0/s1. The van der Waals surface area contributed by atoms with Crippen molar-refractivity contribution in [2.75, 3.05) is 0 Å². The average Bonchev–Trinajstić information content (AvgIpc) is 3.24. The Bertz CT molecular complexity index is 766. The maximum atomic E-state index is 13.1. The van der Waals surface area contributed by atoms with Gasteiger partial charge in [-0.2, -0.15) is 0 Å². The van der Waals surface area contributed by atoms with Gasteiger partial charge in [-0.05, 0) is 69.9 Å². The van der Waals surface area contributed by atoms with Crippen LogP contribution in [0.1, 0.15) is 82.6 Å². The van der Waals surface area contributed by atoms with Gasteiger partial charge in [-0.15, -0.1) is 11.3 Å². The second kappa shape index (κ2) is 11.9. The molecule has 0 aliphatic heterocycles. The van der Waals surface area contributed by atoms with E-state index >= 15 is 0 Å². The zero-order chi connectivity index (χ0) is 23.0. The van der Waals surface area contributed by atoms with Crippen LogP contribution in [0, 0.1) is 12.8 Å². The quantitative estimate of drug-likeness (QED) is 0.269. The molecule has 174 valence electrons. The van der Waals surface area contributed by atoms with E-state index in [-0.39, 0.29) is 31.1 Å². The van der Waals surface area contributed by atoms with E-state index in [1.165, 1.54) is 10.4 Å². The van der Waals surface area contributed by atoms with Gasteiger partial charge in [0.1, 0.15) is 5.60 Å². The van der Waals surface area contributed by atoms with Crippen molar-refractivity contribution in [1.82, 2.24) is 0 Å². The Kier molecular flexibility index (Phi) is 9.91. The Morgan fingerprint density at radius 2 is 2.06 bits per heavy atom. The van der Waals surface area contributed by atoms with Crippen molar-refractivity contribution in [1.29, 1.82) is 0 Å². The Morgan fingerprint density at radius 3 is 2.68 bits per heavy atom. The van der Waals surface area contributed by atoms with Crippen LogP contribution in [0.4, 0.5) is 0 Å². The minimum Gasteiger partial charge on any atom is -0.460 e. The molecule has 1 aliphatic carbocycles. The topological polar surface area (TPSA) is 83.8 Å². The molecular formula is C25H38O5S. The minimum absolute atomic E-state index is 0.0276. The molecule has 1 aromatic rings. The summed E-state index contributed by atoms with van der Waals surface area (Å²) in [7, 11) is 0. The van der Waals surface area contributed by atoms with Crippen molar-refractivity contribution in [2.24, 2.45) is 5.92 Å². The van der Waals surface area contributed by atoms with E-state index in [0.717, 1.165) is 25.7 Å². The van der Waals surface area contributed by atoms with E-state index in [1.54, 1.807) is 31.3 Å². The molecular weight excluding hydrogens is 412 g/mol. The minimum atomic E-state index is -1.72. The fraction of sp³-hybridized carbons (Fsp3) is 0.680. The third-order valence-corrected chi connectivity index (χ3v) is 6.94. The number of carbonyl (C=O) groups excluding carboxylic acids is 2. The number of aryl methyl sites for hydroxylation is 2. The van der Waals surface area contributed by atoms with Crippen molar-refractivity contribution in [3.05, 3.63) is 33.5 Å². The van der Waals surface area contributed by atoms with Gasteiger partial charge >= 0.3 is 5.97 Å². The number of ketones is 1. The molecule has 5 nitrogen and oxygen atoms in total. The van der Waals surface area contributed by atoms with E-state index in [4.69, 9.17) is 4.74 Å². The van der Waals surface area contributed by atoms with Crippen LogP contribution in [0.2, 0.25) is 0 Å². The van der Waals surface area contributed by atoms with Crippen molar-refractivity contribution >= 4 is 23.1 Å². The van der Waals surface area contributed by atoms with Gasteiger partial charge in [0.15, 0.2) is 5.78 Å². The molecule has 2 N–H and O–H groups in total. The normalized spacial score (nSPS) is 24.0. The van der Waals surface area contributed by atoms with Crippen molar-refractivity contribution in [3.63, 3.8) is 0 Å². The summed E-state index contributed by atoms with van der Waals surface area (Å²) in [5, 5.41) is 23.8. The number of aliphatic hydroxyl groups excluding tert-OH is 1. The molecule has 1 heterocycles. The Hall–Kier alpha value is -1.50. The van der Waals surface area contributed by atoms with Crippen LogP contribution in [0.5, 0.6) is 0 Å². The van der Waals surface area contributed by atoms with Gasteiger partial charge in [0.2, 0.25) is 0 Å². The summed E-state index contributed by atoms with van der Waals surface area (Å²) in [6.45, 7) is 7.72. The van der Waals surface area contributed by atoms with Crippen LogP contribution in [0.15, 0.2) is 23.1 Å². The molecule has 1 aliphatic rings. The predicted molar refractivity (Wildman–Crippen MR) is 124 cm³/mol. The van der Waals surface area contributed by atoms with Crippen LogP contribution < -0.4 is 0 Å². The zero-order valence-electron chi connectivity index (χ0n) is 19.4. The fourth-order valence-electron chi connectivity index (χ4n) is 4.34. The Morgan fingerprint density at radius 1 is 1.32 bits per heavy atom. The summed E-state index contributed by atoms with van der Waals surface area (Å²) >= 11 is 1.72. The Labute approximate surface area is 190 Å². The van der Waals surface area contributed by atoms with Gasteiger partial charge in [0.25, 0.3) is 0 Å². The lowest BCUT2D eigenvalue weighted by Crippen LogP contribution is -2.44. The number of unbranched alkanes of at least 4 members (excludes halogenated alkanes) is 3. The molecule has 0 spiro atoms. The van der Waals surface area contributed by atoms with Gasteiger partial charge in [0.05, 0.1) is 12.2 Å². The lowest BCUT2D eigenvalue weighted by Gasteiger charge is -2.30. The highest BCUT2D eigenvalue weighted by Gasteiger charge is 2.53. The first-order valence-electron chi connectivity index (χ1n) is 11.6. The summed E-state index contributed by atoms with van der Waals surface area (Å²) in [6.07, 6.45) is 6.11. The fourth-order valence-corrected chi connectivity index (χ4v) is 5.10. The van der Waals surface area contributed by atoms with Crippen LogP contribution in [0.25, 0.3) is 0 Å². The maximum Gasteiger partial charge on any atom is 0.334 e. The van der Waals surface area contributed by atoms with Gasteiger partial charge < -0.3 is 14.9 Å². The molecule has 6 heteroatoms. The van der Waals surface area contributed by atoms with Crippen molar-refractivity contribution in [3.8, 4) is 0 Å². The Balaban J connectivity index is 2.10. The second-order valence-electron chi connectivity index (χ2n) is 8.96. The smallest absolute Gasteiger partial charge is 0.334 e. The van der Waals surface area contributed by atoms with Crippen LogP contribution in [0.3, 0.4) is 0 Å². The molecule has 1 aromatic heterocycles. The lowest BCUT2D eigenvalue weighted by molar-refractivity contribution is -0.147. The molecule has 2 rings (SSSR count). The van der Waals surface area contributed by atoms with Crippen LogP contribution in [-0.4, -0.2) is 39.8 Å². The molecule has 3 atom stereocenters. The molecule has 0 saturated heterocycles. The zero-order valence-corrected chi connectivity index (χ0v) is 20.2. The summed E-state index contributed by atoms with van der Waals surface area (Å²) in [4.78, 5) is 27.2. The number of hydrogen-bond donors (Lipinski definition) is 2. The van der Waals surface area contributed by atoms with Crippen molar-refractivity contribution < 1.29 is 24.5 Å². The number of ether oxygens (including phenoxy) is 1. The number of hydrogen-bond acceptors (Lipinski definition) is 6. The van der Waals surface area contributed by atoms with Gasteiger partial charge in [-0.25, -0.2) is 4.79 Å². The monoisotopic (exact) mass is 450 g/mol. The van der Waals surface area contributed by atoms with E-state index in [2.05, 4.69) is 25.3 Å². The van der Waals surface area contributed by atoms with E-state index in [0.29, 0.717) is 18.4 Å². The van der Waals surface area contributed by atoms with E-state index in [1.807, 2.05) is 0 Å². The number of esters is 1.